The molecule has 0 atom stereocenters. The van der Waals surface area contributed by atoms with Gasteiger partial charge in [-0.3, -0.25) is 4.98 Å². The molecule has 0 aliphatic carbocycles. The predicted molar refractivity (Wildman–Crippen MR) is 68.2 cm³/mol. The average Bonchev–Trinajstić information content (AvgIpc) is 2.26. The number of nitrogens with zero attached hydrogens (tertiary/aromatic N) is 1. The molecule has 15 heavy (non-hydrogen) atoms. The highest BCUT2D eigenvalue weighted by Crippen LogP contribution is 1.99. The zero-order valence-corrected chi connectivity index (χ0v) is 10.0. The van der Waals surface area contributed by atoms with Crippen LogP contribution in [0.4, 0.5) is 0 Å². The molecule has 1 heterocycles. The average molecular weight is 222 g/mol. The molecule has 0 radical (unpaired) electrons. The molecule has 0 saturated carbocycles. The topological polar surface area (TPSA) is 24.9 Å². The van der Waals surface area contributed by atoms with Crippen LogP contribution in [-0.4, -0.2) is 23.0 Å². The zero-order chi connectivity index (χ0) is 10.9. The van der Waals surface area contributed by atoms with Crippen molar-refractivity contribution < 1.29 is 0 Å². The smallest absolute Gasteiger partial charge is 0.0541 e. The molecule has 82 valence electrons. The molecule has 1 N–H and O–H groups in total. The Morgan fingerprint density at radius 1 is 1.53 bits per heavy atom. The normalized spacial score (nSPS) is 10.2. The summed E-state index contributed by atoms with van der Waals surface area (Å²) in [5, 5.41) is 3.36. The van der Waals surface area contributed by atoms with Gasteiger partial charge in [-0.1, -0.05) is 12.1 Å². The summed E-state index contributed by atoms with van der Waals surface area (Å²) in [6, 6.07) is 4.16. The molecule has 0 aliphatic heterocycles. The Morgan fingerprint density at radius 3 is 3.07 bits per heavy atom. The van der Waals surface area contributed by atoms with Gasteiger partial charge in [0.15, 0.2) is 0 Å². The number of hydrogen-bond donors (Lipinski definition) is 1. The SMILES string of the molecule is C=CCSCCNCc1ccc(C)cn1. The summed E-state index contributed by atoms with van der Waals surface area (Å²) in [6.45, 7) is 7.61. The first-order chi connectivity index (χ1) is 7.33. The maximum atomic E-state index is 4.33. The van der Waals surface area contributed by atoms with Crippen LogP contribution >= 0.6 is 11.8 Å². The lowest BCUT2D eigenvalue weighted by atomic mass is 10.3. The Hall–Kier alpha value is -0.800. The van der Waals surface area contributed by atoms with E-state index in [2.05, 4.69) is 35.9 Å². The van der Waals surface area contributed by atoms with Gasteiger partial charge in [0, 0.05) is 30.8 Å². The van der Waals surface area contributed by atoms with Gasteiger partial charge >= 0.3 is 0 Å². The Kier molecular flexibility index (Phi) is 6.12. The van der Waals surface area contributed by atoms with Gasteiger partial charge < -0.3 is 5.32 Å². The van der Waals surface area contributed by atoms with Crippen LogP contribution in [-0.2, 0) is 6.54 Å². The van der Waals surface area contributed by atoms with E-state index in [-0.39, 0.29) is 0 Å². The Labute approximate surface area is 96.2 Å². The molecule has 3 heteroatoms. The van der Waals surface area contributed by atoms with E-state index in [1.165, 1.54) is 5.56 Å². The van der Waals surface area contributed by atoms with E-state index in [9.17, 15) is 0 Å². The number of aryl methyl sites for hydroxylation is 1. The van der Waals surface area contributed by atoms with Crippen LogP contribution in [0.1, 0.15) is 11.3 Å². The molecule has 0 saturated heterocycles. The summed E-state index contributed by atoms with van der Waals surface area (Å²) in [7, 11) is 0. The Bertz CT molecular complexity index is 282. The van der Waals surface area contributed by atoms with Gasteiger partial charge in [0.2, 0.25) is 0 Å². The third-order valence-electron chi connectivity index (χ3n) is 1.94. The van der Waals surface area contributed by atoms with Crippen molar-refractivity contribution in [3.63, 3.8) is 0 Å². The van der Waals surface area contributed by atoms with Crippen LogP contribution in [0.15, 0.2) is 31.0 Å². The minimum absolute atomic E-state index is 0.856. The van der Waals surface area contributed by atoms with Crippen molar-refractivity contribution in [3.8, 4) is 0 Å². The lowest BCUT2D eigenvalue weighted by Gasteiger charge is -2.03. The fraction of sp³-hybridized carbons (Fsp3) is 0.417. The second-order valence-electron chi connectivity index (χ2n) is 3.37. The van der Waals surface area contributed by atoms with E-state index < -0.39 is 0 Å². The number of nitrogens with one attached hydrogen (secondary N) is 1. The van der Waals surface area contributed by atoms with E-state index in [4.69, 9.17) is 0 Å². The van der Waals surface area contributed by atoms with Crippen LogP contribution < -0.4 is 5.32 Å². The van der Waals surface area contributed by atoms with Crippen molar-refractivity contribution in [1.29, 1.82) is 0 Å². The highest BCUT2D eigenvalue weighted by molar-refractivity contribution is 7.99. The van der Waals surface area contributed by atoms with E-state index in [1.54, 1.807) is 0 Å². The van der Waals surface area contributed by atoms with Gasteiger partial charge in [0.05, 0.1) is 5.69 Å². The molecule has 0 aromatic carbocycles. The zero-order valence-electron chi connectivity index (χ0n) is 9.20. The van der Waals surface area contributed by atoms with Gasteiger partial charge in [0.1, 0.15) is 0 Å². The standard InChI is InChI=1S/C12H18N2S/c1-3-7-15-8-6-13-10-12-5-4-11(2)9-14-12/h3-5,9,13H,1,6-8,10H2,2H3. The highest BCUT2D eigenvalue weighted by atomic mass is 32.2. The first-order valence-electron chi connectivity index (χ1n) is 5.14. The fourth-order valence-electron chi connectivity index (χ4n) is 1.13. The third kappa shape index (κ3) is 5.60. The second kappa shape index (κ2) is 7.49. The molecule has 0 aliphatic rings. The lowest BCUT2D eigenvalue weighted by molar-refractivity contribution is 0.715. The van der Waals surface area contributed by atoms with Crippen molar-refractivity contribution in [2.45, 2.75) is 13.5 Å². The summed E-state index contributed by atoms with van der Waals surface area (Å²) in [5.41, 5.74) is 2.31. The summed E-state index contributed by atoms with van der Waals surface area (Å²) in [4.78, 5) is 4.33. The quantitative estimate of drug-likeness (QED) is 0.566. The van der Waals surface area contributed by atoms with Crippen molar-refractivity contribution in [2.24, 2.45) is 0 Å². The van der Waals surface area contributed by atoms with E-state index in [1.807, 2.05) is 24.0 Å². The summed E-state index contributed by atoms with van der Waals surface area (Å²) >= 11 is 1.89. The molecule has 0 spiro atoms. The van der Waals surface area contributed by atoms with Crippen molar-refractivity contribution in [3.05, 3.63) is 42.2 Å². The summed E-state index contributed by atoms with van der Waals surface area (Å²) in [5.74, 6) is 2.16. The molecule has 1 aromatic rings. The van der Waals surface area contributed by atoms with Gasteiger partial charge in [-0.15, -0.1) is 6.58 Å². The molecule has 0 unspecified atom stereocenters. The van der Waals surface area contributed by atoms with Crippen molar-refractivity contribution in [2.75, 3.05) is 18.1 Å². The molecule has 1 aromatic heterocycles. The third-order valence-corrected chi connectivity index (χ3v) is 2.90. The molecule has 0 bridgehead atoms. The van der Waals surface area contributed by atoms with Crippen molar-refractivity contribution in [1.82, 2.24) is 10.3 Å². The van der Waals surface area contributed by atoms with E-state index >= 15 is 0 Å². The molecule has 0 fully saturated rings. The van der Waals surface area contributed by atoms with Gasteiger partial charge in [-0.25, -0.2) is 0 Å². The number of rotatable bonds is 7. The molecule has 2 nitrogen and oxygen atoms in total. The predicted octanol–water partition coefficient (Wildman–Crippen LogP) is 2.40. The first kappa shape index (κ1) is 12.3. The van der Waals surface area contributed by atoms with Crippen LogP contribution in [0, 0.1) is 6.92 Å². The Balaban J connectivity index is 2.09. The van der Waals surface area contributed by atoms with Crippen LogP contribution in [0.5, 0.6) is 0 Å². The van der Waals surface area contributed by atoms with Crippen LogP contribution in [0.3, 0.4) is 0 Å². The van der Waals surface area contributed by atoms with E-state index in [0.717, 1.165) is 30.3 Å². The number of pyridine rings is 1. The van der Waals surface area contributed by atoms with E-state index in [0.29, 0.717) is 0 Å². The summed E-state index contributed by atoms with van der Waals surface area (Å²) in [6.07, 6.45) is 3.84. The number of hydrogen-bond acceptors (Lipinski definition) is 3. The van der Waals surface area contributed by atoms with Crippen LogP contribution in [0.2, 0.25) is 0 Å². The molecule has 0 amide bonds. The lowest BCUT2D eigenvalue weighted by Crippen LogP contribution is -2.17. The first-order valence-corrected chi connectivity index (χ1v) is 6.29. The fourth-order valence-corrected chi connectivity index (χ4v) is 1.75. The van der Waals surface area contributed by atoms with Gasteiger partial charge in [-0.2, -0.15) is 11.8 Å². The number of thioether (sulfide) groups is 1. The number of aromatic nitrogens is 1. The second-order valence-corrected chi connectivity index (χ2v) is 4.52. The molecular formula is C12H18N2S. The maximum absolute atomic E-state index is 4.33. The molecule has 1 rings (SSSR count). The largest absolute Gasteiger partial charge is 0.310 e. The molecular weight excluding hydrogens is 204 g/mol. The van der Waals surface area contributed by atoms with Gasteiger partial charge in [0.25, 0.3) is 0 Å². The minimum atomic E-state index is 0.856. The summed E-state index contributed by atoms with van der Waals surface area (Å²) < 4.78 is 0. The van der Waals surface area contributed by atoms with Gasteiger partial charge in [-0.05, 0) is 18.6 Å². The Morgan fingerprint density at radius 2 is 2.40 bits per heavy atom. The van der Waals surface area contributed by atoms with Crippen molar-refractivity contribution >= 4 is 11.8 Å². The van der Waals surface area contributed by atoms with Crippen LogP contribution in [0.25, 0.3) is 0 Å². The monoisotopic (exact) mass is 222 g/mol. The highest BCUT2D eigenvalue weighted by Gasteiger charge is 1.93. The maximum Gasteiger partial charge on any atom is 0.0541 e. The minimum Gasteiger partial charge on any atom is -0.310 e.